The number of hydrogen-bond acceptors (Lipinski definition) is 2. The van der Waals surface area contributed by atoms with Crippen LogP contribution in [0.25, 0.3) is 11.0 Å². The number of halogens is 2. The van der Waals surface area contributed by atoms with Crippen LogP contribution in [0, 0.1) is 0 Å². The minimum atomic E-state index is -0.0227. The predicted octanol–water partition coefficient (Wildman–Crippen LogP) is 4.89. The molecule has 0 unspecified atom stereocenters. The largest absolute Gasteiger partial charge is 0.356 e. The Morgan fingerprint density at radius 1 is 1.19 bits per heavy atom. The quantitative estimate of drug-likeness (QED) is 0.501. The number of benzene rings is 2. The van der Waals surface area contributed by atoms with Gasteiger partial charge in [-0.15, -0.1) is 0 Å². The van der Waals surface area contributed by atoms with E-state index in [1.807, 2.05) is 36.4 Å². The molecule has 6 heteroatoms. The average Bonchev–Trinajstić information content (AvgIpc) is 2.98. The Morgan fingerprint density at radius 3 is 2.70 bits per heavy atom. The lowest BCUT2D eigenvalue weighted by Crippen LogP contribution is -2.26. The second-order valence-electron chi connectivity index (χ2n) is 6.34. The van der Waals surface area contributed by atoms with Crippen LogP contribution in [0.2, 0.25) is 5.02 Å². The SMILES string of the molecule is C=C(Br)Cn1c(CCCNC(=O)Cc2ccccc2Cl)nc2ccccc21. The maximum atomic E-state index is 12.1. The lowest BCUT2D eigenvalue weighted by Gasteiger charge is -2.09. The van der Waals surface area contributed by atoms with Crippen LogP contribution in [0.4, 0.5) is 0 Å². The number of nitrogens with one attached hydrogen (secondary N) is 1. The van der Waals surface area contributed by atoms with Crippen molar-refractivity contribution in [3.63, 3.8) is 0 Å². The van der Waals surface area contributed by atoms with E-state index < -0.39 is 0 Å². The number of aromatic nitrogens is 2. The van der Waals surface area contributed by atoms with Crippen molar-refractivity contribution in [1.29, 1.82) is 0 Å². The molecule has 0 saturated heterocycles. The molecule has 0 spiro atoms. The van der Waals surface area contributed by atoms with E-state index in [9.17, 15) is 4.79 Å². The van der Waals surface area contributed by atoms with Gasteiger partial charge in [0.2, 0.25) is 5.91 Å². The lowest BCUT2D eigenvalue weighted by atomic mass is 10.1. The number of para-hydroxylation sites is 2. The van der Waals surface area contributed by atoms with Crippen molar-refractivity contribution in [2.24, 2.45) is 0 Å². The van der Waals surface area contributed by atoms with Crippen molar-refractivity contribution in [1.82, 2.24) is 14.9 Å². The second kappa shape index (κ2) is 9.20. The van der Waals surface area contributed by atoms with Crippen LogP contribution in [0.5, 0.6) is 0 Å². The molecular formula is C21H21BrClN3O. The molecule has 1 aromatic heterocycles. The van der Waals surface area contributed by atoms with Crippen LogP contribution in [-0.4, -0.2) is 22.0 Å². The highest BCUT2D eigenvalue weighted by Crippen LogP contribution is 2.20. The minimum Gasteiger partial charge on any atom is -0.356 e. The third-order valence-corrected chi connectivity index (χ3v) is 4.89. The Morgan fingerprint density at radius 2 is 1.93 bits per heavy atom. The van der Waals surface area contributed by atoms with Crippen LogP contribution in [0.1, 0.15) is 17.8 Å². The molecule has 0 fully saturated rings. The fourth-order valence-electron chi connectivity index (χ4n) is 3.02. The molecule has 27 heavy (non-hydrogen) atoms. The zero-order chi connectivity index (χ0) is 19.2. The highest BCUT2D eigenvalue weighted by molar-refractivity contribution is 9.11. The average molecular weight is 447 g/mol. The third-order valence-electron chi connectivity index (χ3n) is 4.27. The first-order valence-electron chi connectivity index (χ1n) is 8.82. The van der Waals surface area contributed by atoms with Crippen LogP contribution >= 0.6 is 27.5 Å². The molecule has 3 aromatic rings. The molecule has 1 heterocycles. The summed E-state index contributed by atoms with van der Waals surface area (Å²) in [5.41, 5.74) is 2.91. The van der Waals surface area contributed by atoms with E-state index in [0.29, 0.717) is 24.5 Å². The first-order valence-corrected chi connectivity index (χ1v) is 9.99. The summed E-state index contributed by atoms with van der Waals surface area (Å²) in [6, 6.07) is 15.5. The first kappa shape index (κ1) is 19.6. The van der Waals surface area contributed by atoms with Gasteiger partial charge in [0.15, 0.2) is 0 Å². The number of aryl methyl sites for hydroxylation is 1. The van der Waals surface area contributed by atoms with E-state index in [-0.39, 0.29) is 5.91 Å². The third kappa shape index (κ3) is 5.21. The van der Waals surface area contributed by atoms with E-state index in [1.165, 1.54) is 0 Å². The molecule has 0 aliphatic heterocycles. The van der Waals surface area contributed by atoms with E-state index >= 15 is 0 Å². The van der Waals surface area contributed by atoms with Gasteiger partial charge >= 0.3 is 0 Å². The maximum absolute atomic E-state index is 12.1. The number of amides is 1. The number of carbonyl (C=O) groups is 1. The summed E-state index contributed by atoms with van der Waals surface area (Å²) in [5, 5.41) is 3.58. The molecular weight excluding hydrogens is 426 g/mol. The van der Waals surface area contributed by atoms with Gasteiger partial charge in [-0.05, 0) is 30.2 Å². The van der Waals surface area contributed by atoms with E-state index in [0.717, 1.165) is 39.7 Å². The van der Waals surface area contributed by atoms with Gasteiger partial charge in [0.1, 0.15) is 5.82 Å². The predicted molar refractivity (Wildman–Crippen MR) is 114 cm³/mol. The number of fused-ring (bicyclic) bond motifs is 1. The zero-order valence-corrected chi connectivity index (χ0v) is 17.3. The van der Waals surface area contributed by atoms with Crippen molar-refractivity contribution in [3.05, 3.63) is 76.0 Å². The zero-order valence-electron chi connectivity index (χ0n) is 14.9. The molecule has 1 amide bonds. The number of imidazole rings is 1. The molecule has 1 N–H and O–H groups in total. The normalized spacial score (nSPS) is 10.9. The number of rotatable bonds is 8. The van der Waals surface area contributed by atoms with Crippen molar-refractivity contribution < 1.29 is 4.79 Å². The van der Waals surface area contributed by atoms with Crippen LogP contribution in [0.15, 0.2) is 59.6 Å². The van der Waals surface area contributed by atoms with Gasteiger partial charge in [-0.2, -0.15) is 0 Å². The second-order valence-corrected chi connectivity index (χ2v) is 7.87. The summed E-state index contributed by atoms with van der Waals surface area (Å²) < 4.78 is 3.07. The van der Waals surface area contributed by atoms with Gasteiger partial charge in [-0.1, -0.05) is 64.4 Å². The van der Waals surface area contributed by atoms with Gasteiger partial charge in [-0.25, -0.2) is 4.98 Å². The number of allylic oxidation sites excluding steroid dienone is 1. The van der Waals surface area contributed by atoms with Crippen molar-refractivity contribution in [3.8, 4) is 0 Å². The summed E-state index contributed by atoms with van der Waals surface area (Å²) in [4.78, 5) is 16.9. The van der Waals surface area contributed by atoms with Crippen molar-refractivity contribution in [2.45, 2.75) is 25.8 Å². The number of carbonyl (C=O) groups excluding carboxylic acids is 1. The summed E-state index contributed by atoms with van der Waals surface area (Å²) in [7, 11) is 0. The Hall–Kier alpha value is -2.11. The highest BCUT2D eigenvalue weighted by Gasteiger charge is 2.11. The van der Waals surface area contributed by atoms with E-state index in [4.69, 9.17) is 16.6 Å². The molecule has 4 nitrogen and oxygen atoms in total. The Labute approximate surface area is 172 Å². The Balaban J connectivity index is 1.56. The first-order chi connectivity index (χ1) is 13.0. The molecule has 0 atom stereocenters. The fraction of sp³-hybridized carbons (Fsp3) is 0.238. The van der Waals surface area contributed by atoms with Gasteiger partial charge in [0.05, 0.1) is 24.0 Å². The van der Waals surface area contributed by atoms with Gasteiger partial charge in [0, 0.05) is 22.5 Å². The van der Waals surface area contributed by atoms with Crippen molar-refractivity contribution >= 4 is 44.5 Å². The number of hydrogen-bond donors (Lipinski definition) is 1. The topological polar surface area (TPSA) is 46.9 Å². The molecule has 0 aliphatic rings. The standard InChI is InChI=1S/C21H21BrClN3O/c1-15(22)14-26-19-10-5-4-9-18(19)25-20(26)11-6-12-24-21(27)13-16-7-2-3-8-17(16)23/h2-5,7-10H,1,6,11-14H2,(H,24,27). The molecule has 140 valence electrons. The minimum absolute atomic E-state index is 0.0227. The fourth-order valence-corrected chi connectivity index (χ4v) is 3.47. The molecule has 3 rings (SSSR count). The smallest absolute Gasteiger partial charge is 0.224 e. The molecule has 0 radical (unpaired) electrons. The molecule has 0 saturated carbocycles. The van der Waals surface area contributed by atoms with Crippen LogP contribution in [-0.2, 0) is 24.2 Å². The van der Waals surface area contributed by atoms with Crippen LogP contribution in [0.3, 0.4) is 0 Å². The summed E-state index contributed by atoms with van der Waals surface area (Å²) >= 11 is 9.55. The summed E-state index contributed by atoms with van der Waals surface area (Å²) in [5.74, 6) is 0.975. The van der Waals surface area contributed by atoms with E-state index in [1.54, 1.807) is 6.07 Å². The van der Waals surface area contributed by atoms with Gasteiger partial charge in [0.25, 0.3) is 0 Å². The Kier molecular flexibility index (Phi) is 6.69. The maximum Gasteiger partial charge on any atom is 0.224 e. The molecule has 2 aromatic carbocycles. The Bertz CT molecular complexity index is 967. The van der Waals surface area contributed by atoms with Crippen LogP contribution < -0.4 is 5.32 Å². The van der Waals surface area contributed by atoms with Gasteiger partial charge in [-0.3, -0.25) is 4.79 Å². The molecule has 0 bridgehead atoms. The molecule has 0 aliphatic carbocycles. The highest BCUT2D eigenvalue weighted by atomic mass is 79.9. The van der Waals surface area contributed by atoms with E-state index in [2.05, 4.69) is 38.5 Å². The lowest BCUT2D eigenvalue weighted by molar-refractivity contribution is -0.120. The summed E-state index contributed by atoms with van der Waals surface area (Å²) in [6.07, 6.45) is 1.88. The van der Waals surface area contributed by atoms with Gasteiger partial charge < -0.3 is 9.88 Å². The monoisotopic (exact) mass is 445 g/mol. The number of nitrogens with zero attached hydrogens (tertiary/aromatic N) is 2. The summed E-state index contributed by atoms with van der Waals surface area (Å²) in [6.45, 7) is 5.22. The van der Waals surface area contributed by atoms with Crippen molar-refractivity contribution in [2.75, 3.05) is 6.54 Å².